The molecule has 1 aliphatic carbocycles. The molecule has 2 aromatic heterocycles. The Morgan fingerprint density at radius 1 is 0.974 bits per heavy atom. The van der Waals surface area contributed by atoms with Crippen molar-refractivity contribution in [3.63, 3.8) is 0 Å². The molecule has 0 unspecified atom stereocenters. The van der Waals surface area contributed by atoms with Crippen LogP contribution >= 0.6 is 0 Å². The standard InChI is InChI=1S/C26H26F3N5O5/c27-26(28,29)22-21(32-24(39-22)15-4-2-1-3-5-15)23(37)31-17-6-7-20(30-14-17)33-8-10-34(11-9-33)25(38)16-12-18(35)19(36)13-16/h1-7,14,16,18-19,35-36H,8-13H2,(H,31,37)/t16-,18-,19+. The number of anilines is 2. The predicted molar refractivity (Wildman–Crippen MR) is 133 cm³/mol. The summed E-state index contributed by atoms with van der Waals surface area (Å²) < 4.78 is 45.6. The molecule has 3 heterocycles. The Bertz CT molecular complexity index is 1310. The van der Waals surface area contributed by atoms with E-state index in [1.54, 1.807) is 29.2 Å². The zero-order chi connectivity index (χ0) is 27.7. The van der Waals surface area contributed by atoms with E-state index in [1.165, 1.54) is 24.4 Å². The molecule has 2 amide bonds. The molecule has 206 valence electrons. The van der Waals surface area contributed by atoms with E-state index in [0.29, 0.717) is 37.6 Å². The molecule has 10 nitrogen and oxygen atoms in total. The maximum absolute atomic E-state index is 13.6. The number of hydrogen-bond donors (Lipinski definition) is 3. The van der Waals surface area contributed by atoms with Gasteiger partial charge in [0.05, 0.1) is 24.1 Å². The summed E-state index contributed by atoms with van der Waals surface area (Å²) in [6.45, 7) is 1.88. The van der Waals surface area contributed by atoms with E-state index in [1.807, 2.05) is 4.90 Å². The number of pyridine rings is 1. The number of carbonyl (C=O) groups is 2. The van der Waals surface area contributed by atoms with Gasteiger partial charge in [0.25, 0.3) is 5.91 Å². The molecular formula is C26H26F3N5O5. The number of halogens is 3. The van der Waals surface area contributed by atoms with Crippen molar-refractivity contribution in [3.8, 4) is 11.5 Å². The van der Waals surface area contributed by atoms with Crippen molar-refractivity contribution < 1.29 is 37.4 Å². The fourth-order valence-corrected chi connectivity index (χ4v) is 4.82. The topological polar surface area (TPSA) is 132 Å². The predicted octanol–water partition coefficient (Wildman–Crippen LogP) is 2.79. The molecule has 5 rings (SSSR count). The number of aromatic nitrogens is 2. The minimum atomic E-state index is -4.92. The monoisotopic (exact) mass is 545 g/mol. The van der Waals surface area contributed by atoms with E-state index >= 15 is 0 Å². The second-order valence-electron chi connectivity index (χ2n) is 9.54. The molecule has 2 aliphatic rings. The lowest BCUT2D eigenvalue weighted by Crippen LogP contribution is -2.50. The van der Waals surface area contributed by atoms with Crippen molar-refractivity contribution in [1.82, 2.24) is 14.9 Å². The van der Waals surface area contributed by atoms with Gasteiger partial charge in [-0.25, -0.2) is 9.97 Å². The molecule has 3 N–H and O–H groups in total. The number of aliphatic hydroxyl groups excluding tert-OH is 2. The number of amides is 2. The minimum Gasteiger partial charge on any atom is -0.431 e. The van der Waals surface area contributed by atoms with Gasteiger partial charge >= 0.3 is 6.18 Å². The average molecular weight is 546 g/mol. The lowest BCUT2D eigenvalue weighted by atomic mass is 10.1. The van der Waals surface area contributed by atoms with E-state index in [2.05, 4.69) is 15.3 Å². The van der Waals surface area contributed by atoms with Crippen molar-refractivity contribution in [1.29, 1.82) is 0 Å². The first-order valence-corrected chi connectivity index (χ1v) is 12.4. The zero-order valence-electron chi connectivity index (χ0n) is 20.6. The van der Waals surface area contributed by atoms with Crippen LogP contribution in [-0.2, 0) is 11.0 Å². The van der Waals surface area contributed by atoms with Gasteiger partial charge in [-0.2, -0.15) is 13.2 Å². The van der Waals surface area contributed by atoms with Crippen LogP contribution in [0.25, 0.3) is 11.5 Å². The number of oxazole rings is 1. The molecule has 1 aromatic carbocycles. The summed E-state index contributed by atoms with van der Waals surface area (Å²) in [6.07, 6.45) is -4.84. The summed E-state index contributed by atoms with van der Waals surface area (Å²) >= 11 is 0. The number of alkyl halides is 3. The van der Waals surface area contributed by atoms with E-state index in [-0.39, 0.29) is 30.3 Å². The molecular weight excluding hydrogens is 519 g/mol. The minimum absolute atomic E-state index is 0.0854. The third-order valence-electron chi connectivity index (χ3n) is 6.89. The van der Waals surface area contributed by atoms with Crippen LogP contribution in [0.15, 0.2) is 53.1 Å². The van der Waals surface area contributed by atoms with Gasteiger partial charge in [-0.3, -0.25) is 9.59 Å². The van der Waals surface area contributed by atoms with Crippen molar-refractivity contribution >= 4 is 23.3 Å². The molecule has 2 fully saturated rings. The first-order chi connectivity index (χ1) is 18.6. The summed E-state index contributed by atoms with van der Waals surface area (Å²) in [5, 5.41) is 21.8. The normalized spacial score (nSPS) is 21.7. The van der Waals surface area contributed by atoms with Gasteiger partial charge in [-0.15, -0.1) is 0 Å². The second-order valence-corrected chi connectivity index (χ2v) is 9.54. The Labute approximate surface area is 221 Å². The summed E-state index contributed by atoms with van der Waals surface area (Å²) in [5.74, 6) is -2.80. The Hall–Kier alpha value is -3.97. The SMILES string of the molecule is O=C(Nc1ccc(N2CCN(C(=O)[C@@H]3C[C@@H](O)[C@@H](O)C3)CC2)nc1)c1nc(-c2ccccc2)oc1C(F)(F)F. The van der Waals surface area contributed by atoms with Crippen LogP contribution in [0.1, 0.15) is 29.1 Å². The summed E-state index contributed by atoms with van der Waals surface area (Å²) in [4.78, 5) is 37.2. The van der Waals surface area contributed by atoms with Gasteiger partial charge < -0.3 is 29.7 Å². The molecule has 0 spiro atoms. The summed E-state index contributed by atoms with van der Waals surface area (Å²) in [6, 6.07) is 11.1. The zero-order valence-corrected chi connectivity index (χ0v) is 20.6. The lowest BCUT2D eigenvalue weighted by molar-refractivity contribution is -0.153. The smallest absolute Gasteiger partial charge is 0.431 e. The van der Waals surface area contributed by atoms with Crippen LogP contribution in [-0.4, -0.2) is 75.3 Å². The van der Waals surface area contributed by atoms with Gasteiger partial charge in [0.15, 0.2) is 5.69 Å². The molecule has 1 saturated heterocycles. The number of hydrogen-bond acceptors (Lipinski definition) is 8. The Morgan fingerprint density at radius 3 is 2.23 bits per heavy atom. The molecule has 0 radical (unpaired) electrons. The Morgan fingerprint density at radius 2 is 1.64 bits per heavy atom. The first kappa shape index (κ1) is 26.6. The van der Waals surface area contributed by atoms with Gasteiger partial charge in [-0.1, -0.05) is 18.2 Å². The Balaban J connectivity index is 1.21. The maximum atomic E-state index is 13.6. The van der Waals surface area contributed by atoms with Crippen LogP contribution in [0.4, 0.5) is 24.7 Å². The fourth-order valence-electron chi connectivity index (χ4n) is 4.82. The van der Waals surface area contributed by atoms with Crippen molar-refractivity contribution in [3.05, 3.63) is 60.1 Å². The lowest BCUT2D eigenvalue weighted by Gasteiger charge is -2.36. The van der Waals surface area contributed by atoms with Crippen molar-refractivity contribution in [2.45, 2.75) is 31.2 Å². The number of aliphatic hydroxyl groups is 2. The highest BCUT2D eigenvalue weighted by Gasteiger charge is 2.42. The van der Waals surface area contributed by atoms with Crippen molar-refractivity contribution in [2.24, 2.45) is 5.92 Å². The van der Waals surface area contributed by atoms with E-state index in [9.17, 15) is 33.0 Å². The van der Waals surface area contributed by atoms with E-state index in [0.717, 1.165) is 0 Å². The first-order valence-electron chi connectivity index (χ1n) is 12.4. The molecule has 1 aliphatic heterocycles. The van der Waals surface area contributed by atoms with E-state index < -0.39 is 41.7 Å². The number of nitrogens with zero attached hydrogens (tertiary/aromatic N) is 4. The van der Waals surface area contributed by atoms with Gasteiger partial charge in [-0.05, 0) is 37.1 Å². The molecule has 0 bridgehead atoms. The number of benzene rings is 1. The molecule has 1 saturated carbocycles. The molecule has 13 heteroatoms. The van der Waals surface area contributed by atoms with E-state index in [4.69, 9.17) is 4.42 Å². The fraction of sp³-hybridized carbons (Fsp3) is 0.385. The van der Waals surface area contributed by atoms with Gasteiger partial charge in [0, 0.05) is 37.7 Å². The highest BCUT2D eigenvalue weighted by atomic mass is 19.4. The number of rotatable bonds is 5. The van der Waals surface area contributed by atoms with Gasteiger partial charge in [0.2, 0.25) is 17.6 Å². The Kier molecular flexibility index (Phi) is 7.28. The maximum Gasteiger partial charge on any atom is 0.452 e. The van der Waals surface area contributed by atoms with Crippen LogP contribution in [0.2, 0.25) is 0 Å². The number of piperazine rings is 1. The highest BCUT2D eigenvalue weighted by molar-refractivity contribution is 6.04. The molecule has 3 aromatic rings. The molecule has 39 heavy (non-hydrogen) atoms. The summed E-state index contributed by atoms with van der Waals surface area (Å²) in [5.41, 5.74) is -0.407. The van der Waals surface area contributed by atoms with Crippen LogP contribution in [0.5, 0.6) is 0 Å². The van der Waals surface area contributed by atoms with Crippen LogP contribution in [0.3, 0.4) is 0 Å². The largest absolute Gasteiger partial charge is 0.452 e. The van der Waals surface area contributed by atoms with Crippen LogP contribution in [0, 0.1) is 5.92 Å². The third-order valence-corrected chi connectivity index (χ3v) is 6.89. The number of nitrogens with one attached hydrogen (secondary N) is 1. The number of carbonyl (C=O) groups excluding carboxylic acids is 2. The average Bonchev–Trinajstić information content (AvgIpc) is 3.53. The van der Waals surface area contributed by atoms with Gasteiger partial charge in [0.1, 0.15) is 5.82 Å². The van der Waals surface area contributed by atoms with Crippen LogP contribution < -0.4 is 10.2 Å². The molecule has 3 atom stereocenters. The second kappa shape index (κ2) is 10.7. The third kappa shape index (κ3) is 5.73. The van der Waals surface area contributed by atoms with Crippen molar-refractivity contribution in [2.75, 3.05) is 36.4 Å². The summed E-state index contributed by atoms with van der Waals surface area (Å²) in [7, 11) is 0. The quantitative estimate of drug-likeness (QED) is 0.446. The highest BCUT2D eigenvalue weighted by Crippen LogP contribution is 2.35.